The van der Waals surface area contributed by atoms with Crippen LogP contribution in [0.5, 0.6) is 11.5 Å². The van der Waals surface area contributed by atoms with Crippen molar-refractivity contribution in [3.05, 3.63) is 47.2 Å². The van der Waals surface area contributed by atoms with Crippen molar-refractivity contribution in [2.24, 2.45) is 0 Å². The maximum atomic E-state index is 9.02. The number of nitrogens with one attached hydrogen (secondary N) is 1. The number of halogens is 1. The van der Waals surface area contributed by atoms with E-state index in [1.807, 2.05) is 6.07 Å². The molecule has 2 aromatic carbocycles. The van der Waals surface area contributed by atoms with Crippen molar-refractivity contribution in [1.82, 2.24) is 9.97 Å². The SMILES string of the molecule is COc1cc2nc(Cl)nc(Nc3cccc(C#N)c3)c2cc1OC. The summed E-state index contributed by atoms with van der Waals surface area (Å²) in [5.74, 6) is 1.63. The third kappa shape index (κ3) is 3.03. The number of rotatable bonds is 4. The molecule has 0 fully saturated rings. The number of nitrogens with zero attached hydrogens (tertiary/aromatic N) is 3. The Morgan fingerprint density at radius 2 is 1.83 bits per heavy atom. The van der Waals surface area contributed by atoms with Gasteiger partial charge in [0.1, 0.15) is 5.82 Å². The first-order valence-electron chi connectivity index (χ1n) is 7.01. The summed E-state index contributed by atoms with van der Waals surface area (Å²) in [6.07, 6.45) is 0. The van der Waals surface area contributed by atoms with Crippen LogP contribution >= 0.6 is 11.6 Å². The smallest absolute Gasteiger partial charge is 0.224 e. The van der Waals surface area contributed by atoms with Gasteiger partial charge in [0.05, 0.1) is 31.4 Å². The van der Waals surface area contributed by atoms with E-state index in [-0.39, 0.29) is 5.28 Å². The highest BCUT2D eigenvalue weighted by molar-refractivity contribution is 6.28. The summed E-state index contributed by atoms with van der Waals surface area (Å²) < 4.78 is 10.6. The second kappa shape index (κ2) is 6.60. The molecule has 0 radical (unpaired) electrons. The predicted molar refractivity (Wildman–Crippen MR) is 92.1 cm³/mol. The van der Waals surface area contributed by atoms with E-state index in [1.54, 1.807) is 44.6 Å². The fourth-order valence-electron chi connectivity index (χ4n) is 2.33. The molecule has 0 bridgehead atoms. The molecule has 0 aliphatic rings. The standard InChI is InChI=1S/C17H13ClN4O2/c1-23-14-7-12-13(8-15(14)24-2)21-17(18)22-16(12)20-11-5-3-4-10(6-11)9-19/h3-8H,1-2H3,(H,20,21,22). The molecule has 3 aromatic rings. The average molecular weight is 341 g/mol. The van der Waals surface area contributed by atoms with Crippen molar-refractivity contribution < 1.29 is 9.47 Å². The molecule has 120 valence electrons. The second-order valence-corrected chi connectivity index (χ2v) is 5.22. The summed E-state index contributed by atoms with van der Waals surface area (Å²) in [5, 5.41) is 13.0. The molecule has 0 atom stereocenters. The number of anilines is 2. The number of hydrogen-bond acceptors (Lipinski definition) is 6. The van der Waals surface area contributed by atoms with E-state index in [9.17, 15) is 0 Å². The summed E-state index contributed by atoms with van der Waals surface area (Å²) in [6.45, 7) is 0. The number of aromatic nitrogens is 2. The van der Waals surface area contributed by atoms with Crippen LogP contribution in [0.3, 0.4) is 0 Å². The summed E-state index contributed by atoms with van der Waals surface area (Å²) in [5.41, 5.74) is 1.88. The lowest BCUT2D eigenvalue weighted by molar-refractivity contribution is 0.356. The van der Waals surface area contributed by atoms with Crippen LogP contribution in [0.1, 0.15) is 5.56 Å². The van der Waals surface area contributed by atoms with Crippen LogP contribution in [0.25, 0.3) is 10.9 Å². The lowest BCUT2D eigenvalue weighted by atomic mass is 10.2. The molecular formula is C17H13ClN4O2. The van der Waals surface area contributed by atoms with Gasteiger partial charge in [-0.15, -0.1) is 0 Å². The zero-order valence-electron chi connectivity index (χ0n) is 13.0. The molecule has 0 saturated carbocycles. The van der Waals surface area contributed by atoms with Gasteiger partial charge in [-0.3, -0.25) is 0 Å². The molecule has 0 aliphatic heterocycles. The maximum Gasteiger partial charge on any atom is 0.224 e. The third-order valence-corrected chi connectivity index (χ3v) is 3.60. The van der Waals surface area contributed by atoms with Gasteiger partial charge in [0.2, 0.25) is 5.28 Å². The van der Waals surface area contributed by atoms with Gasteiger partial charge in [-0.05, 0) is 35.9 Å². The molecule has 0 amide bonds. The third-order valence-electron chi connectivity index (χ3n) is 3.43. The van der Waals surface area contributed by atoms with Crippen LogP contribution in [0.15, 0.2) is 36.4 Å². The highest BCUT2D eigenvalue weighted by atomic mass is 35.5. The molecule has 0 saturated heterocycles. The molecule has 0 unspecified atom stereocenters. The summed E-state index contributed by atoms with van der Waals surface area (Å²) in [4.78, 5) is 8.47. The Morgan fingerprint density at radius 1 is 1.08 bits per heavy atom. The summed E-state index contributed by atoms with van der Waals surface area (Å²) >= 11 is 6.03. The molecule has 0 aliphatic carbocycles. The van der Waals surface area contributed by atoms with Gasteiger partial charge in [0, 0.05) is 17.1 Å². The van der Waals surface area contributed by atoms with Crippen molar-refractivity contribution in [3.8, 4) is 17.6 Å². The molecule has 1 aromatic heterocycles. The quantitative estimate of drug-likeness (QED) is 0.725. The fraction of sp³-hybridized carbons (Fsp3) is 0.118. The van der Waals surface area contributed by atoms with Gasteiger partial charge in [-0.1, -0.05) is 6.07 Å². The minimum Gasteiger partial charge on any atom is -0.493 e. The van der Waals surface area contributed by atoms with E-state index in [4.69, 9.17) is 26.3 Å². The van der Waals surface area contributed by atoms with E-state index >= 15 is 0 Å². The Labute approximate surface area is 143 Å². The van der Waals surface area contributed by atoms with E-state index in [0.717, 1.165) is 11.1 Å². The van der Waals surface area contributed by atoms with Crippen LogP contribution < -0.4 is 14.8 Å². The first-order chi connectivity index (χ1) is 11.6. The number of benzene rings is 2. The number of hydrogen-bond donors (Lipinski definition) is 1. The molecule has 7 heteroatoms. The average Bonchev–Trinajstić information content (AvgIpc) is 2.60. The topological polar surface area (TPSA) is 80.1 Å². The molecule has 0 spiro atoms. The number of methoxy groups -OCH3 is 2. The van der Waals surface area contributed by atoms with Crippen LogP contribution in [-0.4, -0.2) is 24.2 Å². The van der Waals surface area contributed by atoms with Gasteiger partial charge in [-0.25, -0.2) is 4.98 Å². The Morgan fingerprint density at radius 3 is 2.54 bits per heavy atom. The van der Waals surface area contributed by atoms with Gasteiger partial charge < -0.3 is 14.8 Å². The predicted octanol–water partition coefficient (Wildman–Crippen LogP) is 3.92. The van der Waals surface area contributed by atoms with Crippen LogP contribution in [0.4, 0.5) is 11.5 Å². The minimum absolute atomic E-state index is 0.105. The Bertz CT molecular complexity index is 953. The van der Waals surface area contributed by atoms with Crippen molar-refractivity contribution in [2.75, 3.05) is 19.5 Å². The molecular weight excluding hydrogens is 328 g/mol. The van der Waals surface area contributed by atoms with Gasteiger partial charge in [-0.2, -0.15) is 10.2 Å². The van der Waals surface area contributed by atoms with E-state index in [2.05, 4.69) is 21.4 Å². The van der Waals surface area contributed by atoms with Crippen LogP contribution in [0.2, 0.25) is 5.28 Å². The van der Waals surface area contributed by atoms with Crippen molar-refractivity contribution in [2.45, 2.75) is 0 Å². The maximum absolute atomic E-state index is 9.02. The van der Waals surface area contributed by atoms with Gasteiger partial charge >= 0.3 is 0 Å². The van der Waals surface area contributed by atoms with Crippen molar-refractivity contribution in [1.29, 1.82) is 5.26 Å². The Balaban J connectivity index is 2.14. The monoisotopic (exact) mass is 340 g/mol. The molecule has 6 nitrogen and oxygen atoms in total. The highest BCUT2D eigenvalue weighted by Gasteiger charge is 2.13. The summed E-state index contributed by atoms with van der Waals surface area (Å²) in [7, 11) is 3.11. The Kier molecular flexibility index (Phi) is 4.36. The number of nitriles is 1. The zero-order chi connectivity index (χ0) is 17.1. The van der Waals surface area contributed by atoms with Crippen LogP contribution in [-0.2, 0) is 0 Å². The summed E-state index contributed by atoms with van der Waals surface area (Å²) in [6, 6.07) is 12.7. The number of ether oxygens (including phenoxy) is 2. The minimum atomic E-state index is 0.105. The van der Waals surface area contributed by atoms with Crippen molar-refractivity contribution >= 4 is 34.0 Å². The molecule has 24 heavy (non-hydrogen) atoms. The first-order valence-corrected chi connectivity index (χ1v) is 7.39. The first kappa shape index (κ1) is 15.8. The Hall–Kier alpha value is -3.04. The lowest BCUT2D eigenvalue weighted by Crippen LogP contribution is -1.99. The fourth-order valence-corrected chi connectivity index (χ4v) is 2.50. The van der Waals surface area contributed by atoms with Crippen LogP contribution in [0, 0.1) is 11.3 Å². The van der Waals surface area contributed by atoms with Crippen molar-refractivity contribution in [3.63, 3.8) is 0 Å². The van der Waals surface area contributed by atoms with E-state index < -0.39 is 0 Å². The molecule has 1 heterocycles. The highest BCUT2D eigenvalue weighted by Crippen LogP contribution is 2.35. The zero-order valence-corrected chi connectivity index (χ0v) is 13.8. The van der Waals surface area contributed by atoms with E-state index in [0.29, 0.717) is 28.4 Å². The largest absolute Gasteiger partial charge is 0.493 e. The van der Waals surface area contributed by atoms with E-state index in [1.165, 1.54) is 0 Å². The second-order valence-electron chi connectivity index (χ2n) is 4.88. The van der Waals surface area contributed by atoms with Gasteiger partial charge in [0.15, 0.2) is 11.5 Å². The molecule has 1 N–H and O–H groups in total. The lowest BCUT2D eigenvalue weighted by Gasteiger charge is -2.12. The normalized spacial score (nSPS) is 10.2. The van der Waals surface area contributed by atoms with Gasteiger partial charge in [0.25, 0.3) is 0 Å². The molecule has 3 rings (SSSR count). The number of fused-ring (bicyclic) bond motifs is 1.